The summed E-state index contributed by atoms with van der Waals surface area (Å²) in [6.07, 6.45) is 3.55. The molecule has 1 aromatic carbocycles. The van der Waals surface area contributed by atoms with Crippen molar-refractivity contribution in [2.75, 3.05) is 66.0 Å². The van der Waals surface area contributed by atoms with Gasteiger partial charge in [-0.1, -0.05) is 30.3 Å². The lowest BCUT2D eigenvalue weighted by molar-refractivity contribution is -0.133. The molecule has 2 saturated heterocycles. The molecule has 2 aliphatic heterocycles. The van der Waals surface area contributed by atoms with E-state index in [4.69, 9.17) is 4.74 Å². The summed E-state index contributed by atoms with van der Waals surface area (Å²) in [7, 11) is 1.82. The van der Waals surface area contributed by atoms with Crippen LogP contribution in [0.5, 0.6) is 0 Å². The maximum atomic E-state index is 12.5. The number of carbonyl (C=O) groups excluding carboxylic acids is 1. The minimum Gasteiger partial charge on any atom is -0.375 e. The maximum Gasteiger partial charge on any atom is 0.236 e. The topological polar surface area (TPSA) is 60.4 Å². The van der Waals surface area contributed by atoms with E-state index in [1.807, 2.05) is 30.1 Å². The van der Waals surface area contributed by atoms with Gasteiger partial charge in [0.2, 0.25) is 5.91 Å². The van der Waals surface area contributed by atoms with Crippen LogP contribution in [0.2, 0.25) is 0 Å². The highest BCUT2D eigenvalue weighted by Crippen LogP contribution is 2.10. The normalized spacial score (nSPS) is 18.1. The Kier molecular flexibility index (Phi) is 11.5. The van der Waals surface area contributed by atoms with Gasteiger partial charge in [0.1, 0.15) is 0 Å². The van der Waals surface area contributed by atoms with Crippen molar-refractivity contribution < 1.29 is 9.53 Å². The zero-order valence-electron chi connectivity index (χ0n) is 18.1. The van der Waals surface area contributed by atoms with E-state index in [1.54, 1.807) is 0 Å². The van der Waals surface area contributed by atoms with Crippen molar-refractivity contribution >= 4 is 35.8 Å². The Morgan fingerprint density at radius 2 is 1.70 bits per heavy atom. The van der Waals surface area contributed by atoms with Crippen molar-refractivity contribution in [1.29, 1.82) is 0 Å². The van der Waals surface area contributed by atoms with Crippen molar-refractivity contribution in [1.82, 2.24) is 20.0 Å². The first kappa shape index (κ1) is 24.9. The highest BCUT2D eigenvalue weighted by atomic mass is 127. The van der Waals surface area contributed by atoms with E-state index in [0.717, 1.165) is 64.6 Å². The number of guanidine groups is 1. The van der Waals surface area contributed by atoms with E-state index in [0.29, 0.717) is 19.8 Å². The Morgan fingerprint density at radius 3 is 2.37 bits per heavy atom. The number of hydrogen-bond donors (Lipinski definition) is 1. The number of amides is 1. The SMILES string of the molecule is CN=C(NCCOCc1ccccc1)N1CCN(CC(=O)N2CCCCC2)CC1.I. The highest BCUT2D eigenvalue weighted by Gasteiger charge is 2.23. The Bertz CT molecular complexity index is 644. The lowest BCUT2D eigenvalue weighted by Crippen LogP contribution is -2.54. The standard InChI is InChI=1S/C22H35N5O2.HI/c1-23-22(24-10-17-29-19-20-8-4-2-5-9-20)27-15-13-25(14-16-27)18-21(28)26-11-6-3-7-12-26;/h2,4-5,8-9H,3,6-7,10-19H2,1H3,(H,23,24);1H. The first-order chi connectivity index (χ1) is 14.3. The quantitative estimate of drug-likeness (QED) is 0.254. The average Bonchev–Trinajstić information content (AvgIpc) is 2.78. The molecule has 0 unspecified atom stereocenters. The fourth-order valence-electron chi connectivity index (χ4n) is 3.88. The number of ether oxygens (including phenoxy) is 1. The molecule has 1 aromatic rings. The molecule has 1 amide bonds. The number of nitrogens with zero attached hydrogens (tertiary/aromatic N) is 4. The van der Waals surface area contributed by atoms with Gasteiger partial charge in [0.15, 0.2) is 5.96 Å². The van der Waals surface area contributed by atoms with Gasteiger partial charge in [-0.3, -0.25) is 14.7 Å². The first-order valence-corrected chi connectivity index (χ1v) is 10.8. The molecule has 2 heterocycles. The molecule has 3 rings (SSSR count). The summed E-state index contributed by atoms with van der Waals surface area (Å²) >= 11 is 0. The van der Waals surface area contributed by atoms with Gasteiger partial charge in [0.25, 0.3) is 0 Å². The van der Waals surface area contributed by atoms with Crippen molar-refractivity contribution in [2.45, 2.75) is 25.9 Å². The van der Waals surface area contributed by atoms with Gasteiger partial charge in [0.05, 0.1) is 19.8 Å². The molecule has 0 spiro atoms. The van der Waals surface area contributed by atoms with Crippen LogP contribution in [0.25, 0.3) is 0 Å². The molecule has 0 radical (unpaired) electrons. The van der Waals surface area contributed by atoms with Crippen LogP contribution in [0.15, 0.2) is 35.3 Å². The summed E-state index contributed by atoms with van der Waals surface area (Å²) in [5, 5.41) is 3.39. The first-order valence-electron chi connectivity index (χ1n) is 10.8. The molecule has 2 fully saturated rings. The summed E-state index contributed by atoms with van der Waals surface area (Å²) in [5.41, 5.74) is 1.19. The molecule has 1 N–H and O–H groups in total. The third-order valence-corrected chi connectivity index (χ3v) is 5.59. The van der Waals surface area contributed by atoms with Crippen molar-refractivity contribution in [2.24, 2.45) is 4.99 Å². The molecule has 30 heavy (non-hydrogen) atoms. The number of piperidine rings is 1. The van der Waals surface area contributed by atoms with E-state index in [-0.39, 0.29) is 29.9 Å². The minimum absolute atomic E-state index is 0. The summed E-state index contributed by atoms with van der Waals surface area (Å²) in [6, 6.07) is 10.2. The molecule has 0 aromatic heterocycles. The molecule has 0 atom stereocenters. The van der Waals surface area contributed by atoms with Crippen molar-refractivity contribution in [3.63, 3.8) is 0 Å². The molecular weight excluding hydrogens is 493 g/mol. The van der Waals surface area contributed by atoms with Crippen LogP contribution >= 0.6 is 24.0 Å². The van der Waals surface area contributed by atoms with E-state index in [1.165, 1.54) is 12.0 Å². The van der Waals surface area contributed by atoms with Crippen LogP contribution in [0, 0.1) is 0 Å². The van der Waals surface area contributed by atoms with Gasteiger partial charge in [-0.05, 0) is 24.8 Å². The molecule has 0 bridgehead atoms. The minimum atomic E-state index is 0. The van der Waals surface area contributed by atoms with E-state index < -0.39 is 0 Å². The van der Waals surface area contributed by atoms with Crippen molar-refractivity contribution in [3.8, 4) is 0 Å². The highest BCUT2D eigenvalue weighted by molar-refractivity contribution is 14.0. The molecule has 2 aliphatic rings. The van der Waals surface area contributed by atoms with E-state index in [2.05, 4.69) is 32.2 Å². The summed E-state index contributed by atoms with van der Waals surface area (Å²) in [6.45, 7) is 7.97. The molecule has 168 valence electrons. The van der Waals surface area contributed by atoms with Crippen LogP contribution in [-0.2, 0) is 16.1 Å². The largest absolute Gasteiger partial charge is 0.375 e. The number of rotatable bonds is 7. The van der Waals surface area contributed by atoms with Gasteiger partial charge < -0.3 is 19.9 Å². The number of likely N-dealkylation sites (tertiary alicyclic amines) is 1. The molecule has 0 aliphatic carbocycles. The average molecular weight is 529 g/mol. The molecular formula is C22H36IN5O2. The van der Waals surface area contributed by atoms with Crippen LogP contribution in [0.4, 0.5) is 0 Å². The number of hydrogen-bond acceptors (Lipinski definition) is 4. The van der Waals surface area contributed by atoms with Gasteiger partial charge in [-0.25, -0.2) is 0 Å². The zero-order chi connectivity index (χ0) is 20.3. The Labute approximate surface area is 197 Å². The number of nitrogens with one attached hydrogen (secondary N) is 1. The fraction of sp³-hybridized carbons (Fsp3) is 0.636. The smallest absolute Gasteiger partial charge is 0.236 e. The number of benzene rings is 1. The van der Waals surface area contributed by atoms with Crippen LogP contribution < -0.4 is 5.32 Å². The zero-order valence-corrected chi connectivity index (χ0v) is 20.4. The summed E-state index contributed by atoms with van der Waals surface area (Å²) in [5.74, 6) is 1.20. The second kappa shape index (κ2) is 13.8. The van der Waals surface area contributed by atoms with Crippen molar-refractivity contribution in [3.05, 3.63) is 35.9 Å². The number of piperazine rings is 1. The number of halogens is 1. The monoisotopic (exact) mass is 529 g/mol. The van der Waals surface area contributed by atoms with Crippen LogP contribution in [-0.4, -0.2) is 92.6 Å². The van der Waals surface area contributed by atoms with E-state index in [9.17, 15) is 4.79 Å². The van der Waals surface area contributed by atoms with Crippen LogP contribution in [0.1, 0.15) is 24.8 Å². The summed E-state index contributed by atoms with van der Waals surface area (Å²) in [4.78, 5) is 23.4. The molecule has 0 saturated carbocycles. The second-order valence-electron chi connectivity index (χ2n) is 7.72. The van der Waals surface area contributed by atoms with Crippen LogP contribution in [0.3, 0.4) is 0 Å². The van der Waals surface area contributed by atoms with Gasteiger partial charge >= 0.3 is 0 Å². The Balaban J connectivity index is 0.00000320. The Morgan fingerprint density at radius 1 is 1.00 bits per heavy atom. The summed E-state index contributed by atoms with van der Waals surface area (Å²) < 4.78 is 5.73. The molecule has 7 nitrogen and oxygen atoms in total. The number of carbonyl (C=O) groups is 1. The number of aliphatic imine (C=N–C) groups is 1. The predicted octanol–water partition coefficient (Wildman–Crippen LogP) is 2.03. The predicted molar refractivity (Wildman–Crippen MR) is 131 cm³/mol. The Hall–Kier alpha value is -1.39. The fourth-order valence-corrected chi connectivity index (χ4v) is 3.88. The third kappa shape index (κ3) is 8.03. The van der Waals surface area contributed by atoms with Gasteiger partial charge in [-0.15, -0.1) is 24.0 Å². The lowest BCUT2D eigenvalue weighted by atomic mass is 10.1. The van der Waals surface area contributed by atoms with E-state index >= 15 is 0 Å². The third-order valence-electron chi connectivity index (χ3n) is 5.59. The molecule has 8 heteroatoms. The van der Waals surface area contributed by atoms with Gasteiger partial charge in [0, 0.05) is 52.9 Å². The second-order valence-corrected chi connectivity index (χ2v) is 7.72. The maximum absolute atomic E-state index is 12.5. The lowest BCUT2D eigenvalue weighted by Gasteiger charge is -2.37. The van der Waals surface area contributed by atoms with Gasteiger partial charge in [-0.2, -0.15) is 0 Å².